The van der Waals surface area contributed by atoms with Gasteiger partial charge in [0.2, 0.25) is 5.89 Å². The lowest BCUT2D eigenvalue weighted by Crippen LogP contribution is -2.24. The summed E-state index contributed by atoms with van der Waals surface area (Å²) in [6.07, 6.45) is 7.23. The van der Waals surface area contributed by atoms with Gasteiger partial charge < -0.3 is 30.4 Å². The number of nitrogens with zero attached hydrogens (tertiary/aromatic N) is 2. The van der Waals surface area contributed by atoms with Crippen molar-refractivity contribution >= 4 is 29.2 Å². The first-order chi connectivity index (χ1) is 16.3. The highest BCUT2D eigenvalue weighted by Gasteiger charge is 2.69. The first kappa shape index (κ1) is 22.9. The van der Waals surface area contributed by atoms with Gasteiger partial charge in [-0.3, -0.25) is 0 Å². The van der Waals surface area contributed by atoms with Gasteiger partial charge in [0.05, 0.1) is 22.9 Å². The Morgan fingerprint density at radius 2 is 2.00 bits per heavy atom. The number of aromatic nitrogens is 2. The van der Waals surface area contributed by atoms with Crippen LogP contribution in [0.2, 0.25) is 5.02 Å². The zero-order valence-electron chi connectivity index (χ0n) is 18.6. The van der Waals surface area contributed by atoms with E-state index >= 15 is 0 Å². The van der Waals surface area contributed by atoms with Crippen molar-refractivity contribution in [3.8, 4) is 17.2 Å². The van der Waals surface area contributed by atoms with E-state index in [-0.39, 0.29) is 0 Å². The number of anilines is 1. The molecule has 11 heteroatoms. The Morgan fingerprint density at radius 3 is 2.68 bits per heavy atom. The van der Waals surface area contributed by atoms with E-state index in [1.165, 1.54) is 25.7 Å². The van der Waals surface area contributed by atoms with E-state index < -0.39 is 11.9 Å². The Morgan fingerprint density at radius 1 is 1.24 bits per heavy atom. The summed E-state index contributed by atoms with van der Waals surface area (Å²) in [4.78, 5) is 18.2. The van der Waals surface area contributed by atoms with Crippen LogP contribution in [-0.2, 0) is 16.0 Å². The van der Waals surface area contributed by atoms with E-state index in [1.807, 2.05) is 0 Å². The number of nitrogens with two attached hydrogens (primary N) is 1. The highest BCUT2D eigenvalue weighted by atomic mass is 35.5. The molecule has 0 radical (unpaired) electrons. The number of carboxylic acid groups (broad SMARTS) is 2. The summed E-state index contributed by atoms with van der Waals surface area (Å²) in [6, 6.07) is 1.80. The molecule has 3 unspecified atom stereocenters. The van der Waals surface area contributed by atoms with Gasteiger partial charge in [-0.25, -0.2) is 9.59 Å². The number of hydrogen-bond donors (Lipinski definition) is 4. The molecule has 5 N–H and O–H groups in total. The SMILES string of the molecule is Nc1c(Cl)cc(-c2nnc(C3C4CNCC43CC3CCC3)o2)c2c1CCCO2.O=C(O)C(=O)O. The summed E-state index contributed by atoms with van der Waals surface area (Å²) in [5.41, 5.74) is 8.82. The lowest BCUT2D eigenvalue weighted by Gasteiger charge is -2.29. The van der Waals surface area contributed by atoms with Crippen molar-refractivity contribution in [1.29, 1.82) is 0 Å². The Kier molecular flexibility index (Phi) is 5.89. The second-order valence-electron chi connectivity index (χ2n) is 9.58. The van der Waals surface area contributed by atoms with Gasteiger partial charge in [0, 0.05) is 18.0 Å². The number of benzene rings is 1. The summed E-state index contributed by atoms with van der Waals surface area (Å²) < 4.78 is 12.1. The number of rotatable bonds is 4. The van der Waals surface area contributed by atoms with Crippen molar-refractivity contribution in [3.05, 3.63) is 22.5 Å². The van der Waals surface area contributed by atoms with E-state index in [1.54, 1.807) is 6.07 Å². The Balaban J connectivity index is 0.000000360. The van der Waals surface area contributed by atoms with Gasteiger partial charge in [-0.15, -0.1) is 10.2 Å². The summed E-state index contributed by atoms with van der Waals surface area (Å²) in [7, 11) is 0. The summed E-state index contributed by atoms with van der Waals surface area (Å²) in [5, 5.41) is 27.7. The van der Waals surface area contributed by atoms with Crippen LogP contribution in [0.15, 0.2) is 10.5 Å². The quantitative estimate of drug-likeness (QED) is 0.370. The second-order valence-corrected chi connectivity index (χ2v) is 9.99. The number of hydrogen-bond acceptors (Lipinski definition) is 8. The molecule has 0 bridgehead atoms. The molecule has 1 aromatic carbocycles. The van der Waals surface area contributed by atoms with Crippen LogP contribution < -0.4 is 15.8 Å². The zero-order chi connectivity index (χ0) is 24.0. The van der Waals surface area contributed by atoms with Gasteiger partial charge in [0.1, 0.15) is 5.75 Å². The van der Waals surface area contributed by atoms with Crippen molar-refractivity contribution in [2.75, 3.05) is 25.4 Å². The molecule has 2 aliphatic heterocycles. The first-order valence-electron chi connectivity index (χ1n) is 11.6. The monoisotopic (exact) mass is 490 g/mol. The molecule has 4 aliphatic rings. The fourth-order valence-corrected chi connectivity index (χ4v) is 5.99. The molecule has 6 rings (SSSR count). The zero-order valence-corrected chi connectivity index (χ0v) is 19.3. The van der Waals surface area contributed by atoms with Crippen LogP contribution in [-0.4, -0.2) is 52.0 Å². The van der Waals surface area contributed by atoms with E-state index in [9.17, 15) is 0 Å². The molecule has 10 nitrogen and oxygen atoms in total. The van der Waals surface area contributed by atoms with Gasteiger partial charge in [0.15, 0.2) is 0 Å². The molecule has 0 spiro atoms. The number of carboxylic acids is 2. The summed E-state index contributed by atoms with van der Waals surface area (Å²) >= 11 is 6.38. The first-order valence-corrected chi connectivity index (χ1v) is 11.9. The van der Waals surface area contributed by atoms with Gasteiger partial charge in [-0.05, 0) is 49.1 Å². The molecule has 2 aliphatic carbocycles. The van der Waals surface area contributed by atoms with Crippen LogP contribution >= 0.6 is 11.6 Å². The maximum Gasteiger partial charge on any atom is 0.414 e. The molecule has 2 aromatic rings. The van der Waals surface area contributed by atoms with Crippen molar-refractivity contribution in [1.82, 2.24) is 15.5 Å². The van der Waals surface area contributed by atoms with Gasteiger partial charge in [-0.2, -0.15) is 0 Å². The van der Waals surface area contributed by atoms with Crippen molar-refractivity contribution in [2.24, 2.45) is 17.3 Å². The summed E-state index contributed by atoms with van der Waals surface area (Å²) in [5.74, 6) is 0.268. The number of carbonyl (C=O) groups is 2. The Bertz CT molecular complexity index is 1120. The minimum atomic E-state index is -1.82. The van der Waals surface area contributed by atoms with Crippen LogP contribution in [0.5, 0.6) is 5.75 Å². The Hall–Kier alpha value is -2.85. The number of nitrogen functional groups attached to an aromatic ring is 1. The fourth-order valence-electron chi connectivity index (χ4n) is 5.77. The molecule has 2 saturated carbocycles. The number of ether oxygens (including phenoxy) is 1. The smallest absolute Gasteiger partial charge is 0.414 e. The third-order valence-electron chi connectivity index (χ3n) is 7.67. The molecule has 1 aromatic heterocycles. The minimum Gasteiger partial charge on any atom is -0.492 e. The average molecular weight is 491 g/mol. The molecule has 3 atom stereocenters. The number of aliphatic carboxylic acids is 2. The van der Waals surface area contributed by atoms with Crippen LogP contribution in [0, 0.1) is 17.3 Å². The molecule has 182 valence electrons. The molecular weight excluding hydrogens is 464 g/mol. The number of piperidine rings is 1. The van der Waals surface area contributed by atoms with Crippen LogP contribution in [0.25, 0.3) is 11.5 Å². The minimum absolute atomic E-state index is 0.323. The van der Waals surface area contributed by atoms with E-state index in [2.05, 4.69) is 15.5 Å². The molecule has 1 saturated heterocycles. The van der Waals surface area contributed by atoms with E-state index in [0.29, 0.717) is 40.5 Å². The van der Waals surface area contributed by atoms with Crippen molar-refractivity contribution in [2.45, 2.75) is 44.4 Å². The van der Waals surface area contributed by atoms with Crippen LogP contribution in [0.3, 0.4) is 0 Å². The highest BCUT2D eigenvalue weighted by molar-refractivity contribution is 6.33. The average Bonchev–Trinajstić information content (AvgIpc) is 3.14. The Labute approximate surface area is 200 Å². The maximum absolute atomic E-state index is 9.10. The predicted octanol–water partition coefficient (Wildman–Crippen LogP) is 2.95. The van der Waals surface area contributed by atoms with Crippen molar-refractivity contribution in [3.63, 3.8) is 0 Å². The highest BCUT2D eigenvalue weighted by Crippen LogP contribution is 2.70. The topological polar surface area (TPSA) is 161 Å². The number of nitrogens with one attached hydrogen (secondary N) is 1. The number of halogens is 1. The maximum atomic E-state index is 9.10. The second kappa shape index (κ2) is 8.74. The van der Waals surface area contributed by atoms with Crippen LogP contribution in [0.4, 0.5) is 5.69 Å². The molecule has 34 heavy (non-hydrogen) atoms. The lowest BCUT2D eigenvalue weighted by atomic mass is 9.77. The number of fused-ring (bicyclic) bond motifs is 2. The van der Waals surface area contributed by atoms with Gasteiger partial charge in [0.25, 0.3) is 5.89 Å². The predicted molar refractivity (Wildman–Crippen MR) is 122 cm³/mol. The van der Waals surface area contributed by atoms with E-state index in [4.69, 9.17) is 46.3 Å². The summed E-state index contributed by atoms with van der Waals surface area (Å²) in [6.45, 7) is 2.80. The van der Waals surface area contributed by atoms with E-state index in [0.717, 1.165) is 54.6 Å². The van der Waals surface area contributed by atoms with Gasteiger partial charge in [-0.1, -0.05) is 30.9 Å². The van der Waals surface area contributed by atoms with Crippen LogP contribution in [0.1, 0.15) is 49.5 Å². The normalized spacial score (nSPS) is 26.9. The molecular formula is C23H27ClN4O6. The third kappa shape index (κ3) is 3.88. The fraction of sp³-hybridized carbons (Fsp3) is 0.565. The molecule has 3 heterocycles. The lowest BCUT2D eigenvalue weighted by molar-refractivity contribution is -0.159. The standard InChI is InChI=1S/C21H25ClN4O2.C2H2O4/c22-15-7-13(18-12(17(15)23)5-2-6-27-18)19-25-26-20(28-19)16-14-9-24-10-21(14,16)8-11-3-1-4-11;3-1(4)2(5)6/h7,11,14,16,24H,1-6,8-10,23H2;(H,3,4)(H,5,6). The van der Waals surface area contributed by atoms with Crippen molar-refractivity contribution < 1.29 is 29.0 Å². The molecule has 3 fully saturated rings. The molecule has 0 amide bonds. The largest absolute Gasteiger partial charge is 0.492 e. The third-order valence-corrected chi connectivity index (χ3v) is 7.99. The van der Waals surface area contributed by atoms with Gasteiger partial charge >= 0.3 is 11.9 Å².